The minimum atomic E-state index is 0.186. The first-order valence-corrected chi connectivity index (χ1v) is 7.23. The summed E-state index contributed by atoms with van der Waals surface area (Å²) in [7, 11) is 0. The molecule has 0 aliphatic rings. The highest BCUT2D eigenvalue weighted by Gasteiger charge is 2.04. The first-order valence-electron chi connectivity index (χ1n) is 7.23. The second-order valence-corrected chi connectivity index (χ2v) is 5.15. The standard InChI is InChI=1S/C19H17NO/c1-2-19(21)16-9-7-14(8-10-16)13-17-12-11-15-5-3-4-6-18(15)20-17/h3-12H,2,13H2,1H3. The van der Waals surface area contributed by atoms with Crippen molar-refractivity contribution in [2.75, 3.05) is 0 Å². The molecule has 1 heterocycles. The van der Waals surface area contributed by atoms with Gasteiger partial charge in [-0.05, 0) is 17.7 Å². The van der Waals surface area contributed by atoms with E-state index in [1.807, 2.05) is 49.4 Å². The molecule has 0 spiro atoms. The SMILES string of the molecule is CCC(=O)c1ccc(Cc2ccc3ccccc3n2)cc1. The van der Waals surface area contributed by atoms with Gasteiger partial charge in [0.25, 0.3) is 0 Å². The van der Waals surface area contributed by atoms with Crippen molar-refractivity contribution < 1.29 is 4.79 Å². The number of hydrogen-bond acceptors (Lipinski definition) is 2. The molecular formula is C19H17NO. The largest absolute Gasteiger partial charge is 0.294 e. The van der Waals surface area contributed by atoms with Gasteiger partial charge in [0.15, 0.2) is 5.78 Å². The molecule has 0 N–H and O–H groups in total. The summed E-state index contributed by atoms with van der Waals surface area (Å²) in [6, 6.07) is 20.1. The molecule has 0 saturated heterocycles. The van der Waals surface area contributed by atoms with E-state index in [9.17, 15) is 4.79 Å². The van der Waals surface area contributed by atoms with Crippen LogP contribution in [0.25, 0.3) is 10.9 Å². The molecule has 2 heteroatoms. The maximum Gasteiger partial charge on any atom is 0.162 e. The first kappa shape index (κ1) is 13.5. The number of Topliss-reactive ketones (excluding diaryl/α,β-unsaturated/α-hetero) is 1. The summed E-state index contributed by atoms with van der Waals surface area (Å²) < 4.78 is 0. The Morgan fingerprint density at radius 1 is 0.952 bits per heavy atom. The third-order valence-corrected chi connectivity index (χ3v) is 3.64. The lowest BCUT2D eigenvalue weighted by atomic mass is 10.0. The van der Waals surface area contributed by atoms with Crippen LogP contribution in [0, 0.1) is 0 Å². The molecule has 0 bridgehead atoms. The zero-order valence-electron chi connectivity index (χ0n) is 12.0. The summed E-state index contributed by atoms with van der Waals surface area (Å²) in [5.41, 5.74) is 4.02. The van der Waals surface area contributed by atoms with Crippen molar-refractivity contribution in [3.63, 3.8) is 0 Å². The summed E-state index contributed by atoms with van der Waals surface area (Å²) in [5.74, 6) is 0.186. The van der Waals surface area contributed by atoms with E-state index >= 15 is 0 Å². The Morgan fingerprint density at radius 2 is 1.71 bits per heavy atom. The zero-order valence-corrected chi connectivity index (χ0v) is 12.0. The number of carbonyl (C=O) groups excluding carboxylic acids is 1. The normalized spacial score (nSPS) is 10.7. The van der Waals surface area contributed by atoms with Crippen molar-refractivity contribution in [1.29, 1.82) is 0 Å². The number of pyridine rings is 1. The Kier molecular flexibility index (Phi) is 3.78. The van der Waals surface area contributed by atoms with Crippen molar-refractivity contribution in [2.45, 2.75) is 19.8 Å². The van der Waals surface area contributed by atoms with E-state index in [2.05, 4.69) is 23.2 Å². The van der Waals surface area contributed by atoms with Crippen LogP contribution in [0.1, 0.15) is 35.0 Å². The zero-order chi connectivity index (χ0) is 14.7. The third kappa shape index (κ3) is 3.00. The van der Waals surface area contributed by atoms with Gasteiger partial charge in [-0.25, -0.2) is 0 Å². The number of nitrogens with zero attached hydrogens (tertiary/aromatic N) is 1. The van der Waals surface area contributed by atoms with Crippen LogP contribution in [-0.2, 0) is 6.42 Å². The maximum absolute atomic E-state index is 11.6. The molecule has 0 aliphatic carbocycles. The summed E-state index contributed by atoms with van der Waals surface area (Å²) in [4.78, 5) is 16.3. The van der Waals surface area contributed by atoms with Crippen LogP contribution in [0.3, 0.4) is 0 Å². The minimum absolute atomic E-state index is 0.186. The van der Waals surface area contributed by atoms with Crippen molar-refractivity contribution >= 4 is 16.7 Å². The van der Waals surface area contributed by atoms with Gasteiger partial charge in [0.2, 0.25) is 0 Å². The quantitative estimate of drug-likeness (QED) is 0.660. The lowest BCUT2D eigenvalue weighted by Crippen LogP contribution is -1.97. The number of hydrogen-bond donors (Lipinski definition) is 0. The van der Waals surface area contributed by atoms with Gasteiger partial charge in [-0.3, -0.25) is 9.78 Å². The highest BCUT2D eigenvalue weighted by atomic mass is 16.1. The topological polar surface area (TPSA) is 30.0 Å². The number of aromatic nitrogens is 1. The van der Waals surface area contributed by atoms with E-state index in [1.165, 1.54) is 5.56 Å². The van der Waals surface area contributed by atoms with E-state index in [0.29, 0.717) is 6.42 Å². The Morgan fingerprint density at radius 3 is 2.48 bits per heavy atom. The number of fused-ring (bicyclic) bond motifs is 1. The summed E-state index contributed by atoms with van der Waals surface area (Å²) in [6.45, 7) is 1.88. The van der Waals surface area contributed by atoms with Gasteiger partial charge in [0.05, 0.1) is 5.52 Å². The van der Waals surface area contributed by atoms with Gasteiger partial charge < -0.3 is 0 Å². The monoisotopic (exact) mass is 275 g/mol. The number of carbonyl (C=O) groups is 1. The molecule has 3 aromatic rings. The molecule has 2 aromatic carbocycles. The fourth-order valence-corrected chi connectivity index (χ4v) is 2.43. The van der Waals surface area contributed by atoms with Gasteiger partial charge in [0.1, 0.15) is 0 Å². The molecule has 0 saturated carbocycles. The Labute approximate surface area is 124 Å². The molecule has 0 radical (unpaired) electrons. The van der Waals surface area contributed by atoms with E-state index in [0.717, 1.165) is 28.6 Å². The van der Waals surface area contributed by atoms with Crippen LogP contribution >= 0.6 is 0 Å². The fraction of sp³-hybridized carbons (Fsp3) is 0.158. The maximum atomic E-state index is 11.6. The van der Waals surface area contributed by atoms with Gasteiger partial charge in [-0.15, -0.1) is 0 Å². The molecular weight excluding hydrogens is 258 g/mol. The van der Waals surface area contributed by atoms with Gasteiger partial charge in [-0.1, -0.05) is 55.5 Å². The molecule has 0 atom stereocenters. The first-order chi connectivity index (χ1) is 10.3. The highest BCUT2D eigenvalue weighted by Crippen LogP contribution is 2.15. The lowest BCUT2D eigenvalue weighted by Gasteiger charge is -2.04. The third-order valence-electron chi connectivity index (χ3n) is 3.64. The molecule has 0 unspecified atom stereocenters. The number of rotatable bonds is 4. The molecule has 0 aliphatic heterocycles. The van der Waals surface area contributed by atoms with Crippen LogP contribution in [0.2, 0.25) is 0 Å². The summed E-state index contributed by atoms with van der Waals surface area (Å²) in [6.07, 6.45) is 1.33. The van der Waals surface area contributed by atoms with Crippen molar-refractivity contribution in [2.24, 2.45) is 0 Å². The Balaban J connectivity index is 1.83. The molecule has 104 valence electrons. The van der Waals surface area contributed by atoms with Crippen LogP contribution in [-0.4, -0.2) is 10.8 Å². The molecule has 2 nitrogen and oxygen atoms in total. The molecule has 3 rings (SSSR count). The summed E-state index contributed by atoms with van der Waals surface area (Å²) >= 11 is 0. The van der Waals surface area contributed by atoms with E-state index in [1.54, 1.807) is 0 Å². The van der Waals surface area contributed by atoms with Crippen LogP contribution in [0.5, 0.6) is 0 Å². The predicted molar refractivity (Wildman–Crippen MR) is 85.6 cm³/mol. The molecule has 0 fully saturated rings. The minimum Gasteiger partial charge on any atom is -0.294 e. The average Bonchev–Trinajstić information content (AvgIpc) is 2.55. The smallest absolute Gasteiger partial charge is 0.162 e. The van der Waals surface area contributed by atoms with E-state index < -0.39 is 0 Å². The fourth-order valence-electron chi connectivity index (χ4n) is 2.43. The Bertz CT molecular complexity index is 775. The lowest BCUT2D eigenvalue weighted by molar-refractivity contribution is 0.0988. The molecule has 21 heavy (non-hydrogen) atoms. The second kappa shape index (κ2) is 5.88. The number of ketones is 1. The number of para-hydroxylation sites is 1. The van der Waals surface area contributed by atoms with Crippen molar-refractivity contribution in [3.05, 3.63) is 77.5 Å². The van der Waals surface area contributed by atoms with Crippen molar-refractivity contribution in [1.82, 2.24) is 4.98 Å². The average molecular weight is 275 g/mol. The highest BCUT2D eigenvalue weighted by molar-refractivity contribution is 5.95. The van der Waals surface area contributed by atoms with Crippen LogP contribution < -0.4 is 0 Å². The second-order valence-electron chi connectivity index (χ2n) is 5.15. The van der Waals surface area contributed by atoms with Gasteiger partial charge >= 0.3 is 0 Å². The summed E-state index contributed by atoms with van der Waals surface area (Å²) in [5, 5.41) is 1.16. The molecule has 0 amide bonds. The van der Waals surface area contributed by atoms with Crippen LogP contribution in [0.4, 0.5) is 0 Å². The van der Waals surface area contributed by atoms with Gasteiger partial charge in [-0.2, -0.15) is 0 Å². The molecule has 1 aromatic heterocycles. The van der Waals surface area contributed by atoms with Gasteiger partial charge in [0, 0.05) is 29.5 Å². The van der Waals surface area contributed by atoms with E-state index in [4.69, 9.17) is 0 Å². The van der Waals surface area contributed by atoms with Crippen molar-refractivity contribution in [3.8, 4) is 0 Å². The Hall–Kier alpha value is -2.48. The predicted octanol–water partition coefficient (Wildman–Crippen LogP) is 4.42. The number of benzene rings is 2. The van der Waals surface area contributed by atoms with Crippen LogP contribution in [0.15, 0.2) is 60.7 Å². The van der Waals surface area contributed by atoms with E-state index in [-0.39, 0.29) is 5.78 Å².